The van der Waals surface area contributed by atoms with Gasteiger partial charge in [-0.05, 0) is 66.3 Å². The fourth-order valence-corrected chi connectivity index (χ4v) is 4.98. The summed E-state index contributed by atoms with van der Waals surface area (Å²) in [7, 11) is 0. The number of hydrogen-bond donors (Lipinski definition) is 0. The van der Waals surface area contributed by atoms with Gasteiger partial charge in [0, 0.05) is 3.92 Å². The maximum absolute atomic E-state index is 6.10. The molecule has 0 radical (unpaired) electrons. The van der Waals surface area contributed by atoms with Crippen LogP contribution in [0.1, 0.15) is 42.2 Å². The second kappa shape index (κ2) is 11.5. The zero-order valence-electron chi connectivity index (χ0n) is 18.5. The summed E-state index contributed by atoms with van der Waals surface area (Å²) in [6.45, 7) is 8.50. The predicted molar refractivity (Wildman–Crippen MR) is 135 cm³/mol. The summed E-state index contributed by atoms with van der Waals surface area (Å²) in [5.74, 6) is 2.59. The number of hydrogen-bond acceptors (Lipinski definition) is 3. The van der Waals surface area contributed by atoms with E-state index in [1.807, 2.05) is 55.5 Å². The number of halogens is 1. The van der Waals surface area contributed by atoms with Crippen molar-refractivity contribution >= 4 is 22.6 Å². The van der Waals surface area contributed by atoms with E-state index in [9.17, 15) is 0 Å². The molecular weight excluding hydrogens is 499 g/mol. The second-order valence-corrected chi connectivity index (χ2v) is 9.90. The molecule has 4 heteroatoms. The van der Waals surface area contributed by atoms with Gasteiger partial charge in [-0.15, -0.1) is 0 Å². The van der Waals surface area contributed by atoms with Gasteiger partial charge in [0.15, 0.2) is 0 Å². The Kier molecular flexibility index (Phi) is 8.79. The number of alkyl halides is 1. The van der Waals surface area contributed by atoms with E-state index < -0.39 is 0 Å². The average Bonchev–Trinajstić information content (AvgIpc) is 2.75. The van der Waals surface area contributed by atoms with E-state index >= 15 is 0 Å². The molecule has 3 aromatic carbocycles. The average molecular weight is 530 g/mol. The van der Waals surface area contributed by atoms with Crippen LogP contribution in [0.3, 0.4) is 0 Å². The molecule has 0 N–H and O–H groups in total. The van der Waals surface area contributed by atoms with Crippen LogP contribution in [0.25, 0.3) is 0 Å². The van der Waals surface area contributed by atoms with Crippen LogP contribution in [0.15, 0.2) is 78.9 Å². The Labute approximate surface area is 199 Å². The highest BCUT2D eigenvalue weighted by molar-refractivity contribution is 14.1. The molecule has 0 aliphatic carbocycles. The lowest BCUT2D eigenvalue weighted by atomic mass is 9.87. The van der Waals surface area contributed by atoms with Crippen molar-refractivity contribution in [2.24, 2.45) is 5.41 Å². The van der Waals surface area contributed by atoms with Crippen LogP contribution in [0.4, 0.5) is 0 Å². The van der Waals surface area contributed by atoms with E-state index in [2.05, 4.69) is 66.8 Å². The van der Waals surface area contributed by atoms with Crippen LogP contribution in [0.5, 0.6) is 17.2 Å². The normalized spacial score (nSPS) is 12.4. The minimum Gasteiger partial charge on any atom is -0.494 e. The highest BCUT2D eigenvalue weighted by Gasteiger charge is 2.23. The largest absolute Gasteiger partial charge is 0.494 e. The zero-order chi connectivity index (χ0) is 22.1. The SMILES string of the molecule is CCOc1ccc(C(I)CC(C)(C)COCc2cccc(Oc3ccccc3)c2)cc1. The smallest absolute Gasteiger partial charge is 0.127 e. The molecule has 0 spiro atoms. The third-order valence-electron chi connectivity index (χ3n) is 4.92. The van der Waals surface area contributed by atoms with Crippen LogP contribution in [-0.2, 0) is 11.3 Å². The molecule has 164 valence electrons. The van der Waals surface area contributed by atoms with E-state index in [1.165, 1.54) is 5.56 Å². The van der Waals surface area contributed by atoms with Crippen LogP contribution in [-0.4, -0.2) is 13.2 Å². The lowest BCUT2D eigenvalue weighted by Crippen LogP contribution is -2.21. The lowest BCUT2D eigenvalue weighted by Gasteiger charge is -2.27. The Morgan fingerprint density at radius 2 is 1.55 bits per heavy atom. The van der Waals surface area contributed by atoms with E-state index in [0.29, 0.717) is 23.7 Å². The maximum atomic E-state index is 6.10. The third-order valence-corrected chi connectivity index (χ3v) is 6.08. The number of ether oxygens (including phenoxy) is 3. The molecule has 3 nitrogen and oxygen atoms in total. The van der Waals surface area contributed by atoms with Crippen molar-refractivity contribution in [3.63, 3.8) is 0 Å². The highest BCUT2D eigenvalue weighted by Crippen LogP contribution is 2.37. The summed E-state index contributed by atoms with van der Waals surface area (Å²) in [6.07, 6.45) is 1.04. The molecule has 0 saturated carbocycles. The molecule has 0 fully saturated rings. The molecule has 0 saturated heterocycles. The summed E-state index contributed by atoms with van der Waals surface area (Å²) < 4.78 is 18.0. The zero-order valence-corrected chi connectivity index (χ0v) is 20.7. The first-order valence-electron chi connectivity index (χ1n) is 10.7. The van der Waals surface area contributed by atoms with Crippen molar-refractivity contribution in [2.45, 2.75) is 37.7 Å². The van der Waals surface area contributed by atoms with E-state index in [1.54, 1.807) is 0 Å². The Morgan fingerprint density at radius 1 is 0.839 bits per heavy atom. The minimum absolute atomic E-state index is 0.0720. The molecular formula is C27H31IO3. The molecule has 0 heterocycles. The van der Waals surface area contributed by atoms with Gasteiger partial charge < -0.3 is 14.2 Å². The molecule has 3 aromatic rings. The minimum atomic E-state index is 0.0720. The first-order chi connectivity index (χ1) is 14.9. The maximum Gasteiger partial charge on any atom is 0.127 e. The van der Waals surface area contributed by atoms with Crippen LogP contribution in [0.2, 0.25) is 0 Å². The molecule has 3 rings (SSSR count). The molecule has 0 amide bonds. The van der Waals surface area contributed by atoms with Crippen molar-refractivity contribution in [1.82, 2.24) is 0 Å². The van der Waals surface area contributed by atoms with Gasteiger partial charge in [-0.25, -0.2) is 0 Å². The highest BCUT2D eigenvalue weighted by atomic mass is 127. The Hall–Kier alpha value is -2.05. The van der Waals surface area contributed by atoms with Gasteiger partial charge >= 0.3 is 0 Å². The van der Waals surface area contributed by atoms with Crippen LogP contribution >= 0.6 is 22.6 Å². The van der Waals surface area contributed by atoms with Gasteiger partial charge in [0.05, 0.1) is 19.8 Å². The third kappa shape index (κ3) is 7.86. The molecule has 0 aromatic heterocycles. The molecule has 0 aliphatic rings. The van der Waals surface area contributed by atoms with Crippen molar-refractivity contribution in [1.29, 1.82) is 0 Å². The van der Waals surface area contributed by atoms with Crippen molar-refractivity contribution < 1.29 is 14.2 Å². The number of rotatable bonds is 11. The van der Waals surface area contributed by atoms with Crippen molar-refractivity contribution in [3.05, 3.63) is 90.0 Å². The van der Waals surface area contributed by atoms with Gasteiger partial charge in [-0.3, -0.25) is 0 Å². The van der Waals surface area contributed by atoms with Crippen LogP contribution in [0, 0.1) is 5.41 Å². The summed E-state index contributed by atoms with van der Waals surface area (Å²) >= 11 is 2.53. The second-order valence-electron chi connectivity index (χ2n) is 8.39. The Balaban J connectivity index is 1.49. The van der Waals surface area contributed by atoms with E-state index in [0.717, 1.165) is 29.2 Å². The molecule has 31 heavy (non-hydrogen) atoms. The molecule has 1 unspecified atom stereocenters. The predicted octanol–water partition coefficient (Wildman–Crippen LogP) is 7.99. The van der Waals surface area contributed by atoms with Gasteiger partial charge in [0.1, 0.15) is 17.2 Å². The summed E-state index contributed by atoms with van der Waals surface area (Å²) in [5, 5.41) is 0. The fraction of sp³-hybridized carbons (Fsp3) is 0.333. The van der Waals surface area contributed by atoms with Gasteiger partial charge in [-0.2, -0.15) is 0 Å². The Bertz CT molecular complexity index is 923. The monoisotopic (exact) mass is 530 g/mol. The quantitative estimate of drug-likeness (QED) is 0.186. The summed E-state index contributed by atoms with van der Waals surface area (Å²) in [5.41, 5.74) is 2.51. The molecule has 1 atom stereocenters. The van der Waals surface area contributed by atoms with Gasteiger partial charge in [0.2, 0.25) is 0 Å². The Morgan fingerprint density at radius 3 is 2.26 bits per heavy atom. The van der Waals surface area contributed by atoms with Crippen molar-refractivity contribution in [2.75, 3.05) is 13.2 Å². The van der Waals surface area contributed by atoms with Crippen LogP contribution < -0.4 is 9.47 Å². The summed E-state index contributed by atoms with van der Waals surface area (Å²) in [4.78, 5) is 0. The van der Waals surface area contributed by atoms with E-state index in [-0.39, 0.29) is 5.41 Å². The molecule has 0 aliphatic heterocycles. The number of para-hydroxylation sites is 1. The standard InChI is InChI=1S/C27H31IO3/c1-4-30-23-15-13-22(14-16-23)26(28)18-27(2,3)20-29-19-21-9-8-12-25(17-21)31-24-10-6-5-7-11-24/h5-17,26H,4,18-20H2,1-3H3. The van der Waals surface area contributed by atoms with Crippen molar-refractivity contribution in [3.8, 4) is 17.2 Å². The fourth-order valence-electron chi connectivity index (χ4n) is 3.37. The number of benzene rings is 3. The van der Waals surface area contributed by atoms with Gasteiger partial charge in [-0.1, -0.05) is 78.9 Å². The molecule has 0 bridgehead atoms. The van der Waals surface area contributed by atoms with E-state index in [4.69, 9.17) is 14.2 Å². The topological polar surface area (TPSA) is 27.7 Å². The first-order valence-corrected chi connectivity index (χ1v) is 12.0. The lowest BCUT2D eigenvalue weighted by molar-refractivity contribution is 0.0474. The van der Waals surface area contributed by atoms with Gasteiger partial charge in [0.25, 0.3) is 0 Å². The summed E-state index contributed by atoms with van der Waals surface area (Å²) in [6, 6.07) is 26.4. The first kappa shape index (κ1) is 23.6.